The van der Waals surface area contributed by atoms with Gasteiger partial charge in [0.05, 0.1) is 6.10 Å². The quantitative estimate of drug-likeness (QED) is 0.283. The Balaban J connectivity index is 1.60. The summed E-state index contributed by atoms with van der Waals surface area (Å²) in [5.74, 6) is 2.51. The van der Waals surface area contributed by atoms with E-state index < -0.39 is 0 Å². The van der Waals surface area contributed by atoms with Crippen molar-refractivity contribution in [2.75, 3.05) is 39.3 Å². The van der Waals surface area contributed by atoms with Gasteiger partial charge in [0.25, 0.3) is 0 Å². The van der Waals surface area contributed by atoms with Crippen molar-refractivity contribution in [2.45, 2.75) is 103 Å². The molecule has 172 valence electrons. The second kappa shape index (κ2) is 14.3. The summed E-state index contributed by atoms with van der Waals surface area (Å²) in [5, 5.41) is 0. The maximum atomic E-state index is 6.46. The van der Waals surface area contributed by atoms with Gasteiger partial charge in [0.2, 0.25) is 0 Å². The molecular formula is C25H50N2OS. The number of hydrogen-bond acceptors (Lipinski definition) is 4. The molecule has 29 heavy (non-hydrogen) atoms. The van der Waals surface area contributed by atoms with E-state index in [2.05, 4.69) is 37.5 Å². The Labute approximate surface area is 187 Å². The molecule has 3 nitrogen and oxygen atoms in total. The lowest BCUT2D eigenvalue weighted by molar-refractivity contribution is -0.0284. The predicted octanol–water partition coefficient (Wildman–Crippen LogP) is 6.09. The Hall–Kier alpha value is 0.230. The summed E-state index contributed by atoms with van der Waals surface area (Å²) in [6, 6.07) is 0. The lowest BCUT2D eigenvalue weighted by atomic mass is 9.80. The van der Waals surface area contributed by atoms with Gasteiger partial charge in [-0.05, 0) is 108 Å². The molecule has 1 unspecified atom stereocenters. The number of thiol groups is 1. The van der Waals surface area contributed by atoms with Gasteiger partial charge in [-0.1, -0.05) is 40.5 Å². The Morgan fingerprint density at radius 1 is 0.690 bits per heavy atom. The monoisotopic (exact) mass is 426 g/mol. The maximum Gasteiger partial charge on any atom is 0.103 e. The highest BCUT2D eigenvalue weighted by atomic mass is 32.1. The van der Waals surface area contributed by atoms with Gasteiger partial charge >= 0.3 is 0 Å². The van der Waals surface area contributed by atoms with Crippen molar-refractivity contribution < 1.29 is 4.74 Å². The first-order chi connectivity index (χ1) is 14.1. The van der Waals surface area contributed by atoms with Crippen LogP contribution in [0.25, 0.3) is 0 Å². The Bertz CT molecular complexity index is 398. The molecule has 0 saturated heterocycles. The van der Waals surface area contributed by atoms with E-state index in [9.17, 15) is 0 Å². The third-order valence-electron chi connectivity index (χ3n) is 7.92. The van der Waals surface area contributed by atoms with Crippen LogP contribution >= 0.6 is 12.6 Å². The SMILES string of the molecule is CCN(CC)CCC1CCC(OC(S)C2CCC(CCN(CC)CC)CC2)CC1. The van der Waals surface area contributed by atoms with Crippen molar-refractivity contribution in [2.24, 2.45) is 17.8 Å². The minimum absolute atomic E-state index is 0.163. The fourth-order valence-corrected chi connectivity index (χ4v) is 5.91. The van der Waals surface area contributed by atoms with Crippen LogP contribution in [0, 0.1) is 17.8 Å². The van der Waals surface area contributed by atoms with Crippen molar-refractivity contribution in [1.29, 1.82) is 0 Å². The smallest absolute Gasteiger partial charge is 0.103 e. The molecule has 1 atom stereocenters. The van der Waals surface area contributed by atoms with Crippen molar-refractivity contribution >= 4 is 12.6 Å². The zero-order valence-corrected chi connectivity index (χ0v) is 20.8. The van der Waals surface area contributed by atoms with Gasteiger partial charge in [0, 0.05) is 0 Å². The summed E-state index contributed by atoms with van der Waals surface area (Å²) >= 11 is 4.91. The van der Waals surface area contributed by atoms with E-state index in [4.69, 9.17) is 17.4 Å². The molecule has 2 aliphatic carbocycles. The van der Waals surface area contributed by atoms with Crippen molar-refractivity contribution in [1.82, 2.24) is 9.80 Å². The molecule has 0 spiro atoms. The van der Waals surface area contributed by atoms with Crippen molar-refractivity contribution in [3.63, 3.8) is 0 Å². The molecule has 2 saturated carbocycles. The summed E-state index contributed by atoms with van der Waals surface area (Å²) in [7, 11) is 0. The van der Waals surface area contributed by atoms with E-state index in [1.54, 1.807) is 0 Å². The molecule has 0 N–H and O–H groups in total. The highest BCUT2D eigenvalue weighted by Gasteiger charge is 2.30. The molecule has 2 fully saturated rings. The number of rotatable bonds is 13. The average molecular weight is 427 g/mol. The molecule has 0 radical (unpaired) electrons. The second-order valence-corrected chi connectivity index (χ2v) is 10.1. The fourth-order valence-electron chi connectivity index (χ4n) is 5.44. The van der Waals surface area contributed by atoms with Gasteiger partial charge in [0.1, 0.15) is 5.44 Å². The summed E-state index contributed by atoms with van der Waals surface area (Å²) in [6.07, 6.45) is 13.8. The zero-order chi connectivity index (χ0) is 21.1. The van der Waals surface area contributed by atoms with E-state index >= 15 is 0 Å². The summed E-state index contributed by atoms with van der Waals surface area (Å²) < 4.78 is 6.46. The Morgan fingerprint density at radius 2 is 1.10 bits per heavy atom. The number of nitrogens with zero attached hydrogens (tertiary/aromatic N) is 2. The van der Waals surface area contributed by atoms with Gasteiger partial charge in [-0.3, -0.25) is 0 Å². The molecule has 0 aromatic rings. The van der Waals surface area contributed by atoms with E-state index in [0.29, 0.717) is 12.0 Å². The van der Waals surface area contributed by atoms with Gasteiger partial charge in [-0.15, -0.1) is 12.6 Å². The first-order valence-corrected chi connectivity index (χ1v) is 13.4. The summed E-state index contributed by atoms with van der Waals surface area (Å²) in [4.78, 5) is 5.12. The van der Waals surface area contributed by atoms with Gasteiger partial charge in [-0.2, -0.15) is 0 Å². The molecule has 2 aliphatic rings. The highest BCUT2D eigenvalue weighted by molar-refractivity contribution is 7.80. The molecule has 4 heteroatoms. The minimum atomic E-state index is 0.163. The lowest BCUT2D eigenvalue weighted by Gasteiger charge is -2.36. The van der Waals surface area contributed by atoms with E-state index in [-0.39, 0.29) is 5.44 Å². The van der Waals surface area contributed by atoms with E-state index in [1.807, 2.05) is 0 Å². The molecule has 0 aromatic carbocycles. The van der Waals surface area contributed by atoms with Crippen LogP contribution in [-0.4, -0.2) is 60.6 Å². The standard InChI is InChI=1S/C25H50N2OS/c1-5-26(6-2)19-17-21-9-13-23(14-10-21)25(29)28-24-15-11-22(12-16-24)18-20-27(7-3)8-4/h21-25,29H,5-20H2,1-4H3. The first-order valence-electron chi connectivity index (χ1n) is 12.9. The van der Waals surface area contributed by atoms with Crippen LogP contribution in [-0.2, 0) is 4.74 Å². The normalized spacial score (nSPS) is 29.5. The summed E-state index contributed by atoms with van der Waals surface area (Å²) in [6.45, 7) is 16.4. The molecular weight excluding hydrogens is 376 g/mol. The molecule has 0 amide bonds. The first kappa shape index (κ1) is 25.5. The summed E-state index contributed by atoms with van der Waals surface area (Å²) in [5.41, 5.74) is 0.163. The third-order valence-corrected chi connectivity index (χ3v) is 8.46. The van der Waals surface area contributed by atoms with Crippen LogP contribution < -0.4 is 0 Å². The van der Waals surface area contributed by atoms with Gasteiger partial charge in [-0.25, -0.2) is 0 Å². The van der Waals surface area contributed by atoms with Crippen molar-refractivity contribution in [3.8, 4) is 0 Å². The van der Waals surface area contributed by atoms with Crippen LogP contribution in [0.1, 0.15) is 91.9 Å². The molecule has 0 aliphatic heterocycles. The fraction of sp³-hybridized carbons (Fsp3) is 1.00. The molecule has 0 aromatic heterocycles. The second-order valence-electron chi connectivity index (χ2n) is 9.58. The minimum Gasteiger partial charge on any atom is -0.364 e. The van der Waals surface area contributed by atoms with Gasteiger partial charge in [0.15, 0.2) is 0 Å². The van der Waals surface area contributed by atoms with Gasteiger partial charge < -0.3 is 14.5 Å². The molecule has 0 bridgehead atoms. The Kier molecular flexibility index (Phi) is 12.6. The third kappa shape index (κ3) is 9.09. The van der Waals surface area contributed by atoms with Crippen LogP contribution in [0.15, 0.2) is 0 Å². The number of hydrogen-bond donors (Lipinski definition) is 1. The maximum absolute atomic E-state index is 6.46. The average Bonchev–Trinajstić information content (AvgIpc) is 2.76. The molecule has 2 rings (SSSR count). The van der Waals surface area contributed by atoms with E-state index in [0.717, 1.165) is 11.8 Å². The Morgan fingerprint density at radius 3 is 1.52 bits per heavy atom. The van der Waals surface area contributed by atoms with Crippen LogP contribution in [0.2, 0.25) is 0 Å². The number of ether oxygens (including phenoxy) is 1. The van der Waals surface area contributed by atoms with Crippen molar-refractivity contribution in [3.05, 3.63) is 0 Å². The molecule has 0 heterocycles. The van der Waals surface area contributed by atoms with Crippen LogP contribution in [0.4, 0.5) is 0 Å². The van der Waals surface area contributed by atoms with Crippen LogP contribution in [0.3, 0.4) is 0 Å². The largest absolute Gasteiger partial charge is 0.364 e. The topological polar surface area (TPSA) is 15.7 Å². The van der Waals surface area contributed by atoms with Crippen LogP contribution in [0.5, 0.6) is 0 Å². The zero-order valence-electron chi connectivity index (χ0n) is 20.0. The van der Waals surface area contributed by atoms with E-state index in [1.165, 1.54) is 103 Å². The predicted molar refractivity (Wildman–Crippen MR) is 130 cm³/mol. The highest BCUT2D eigenvalue weighted by Crippen LogP contribution is 2.37. The lowest BCUT2D eigenvalue weighted by Crippen LogP contribution is -2.32.